The van der Waals surface area contributed by atoms with Crippen molar-refractivity contribution in [2.75, 3.05) is 0 Å². The summed E-state index contributed by atoms with van der Waals surface area (Å²) < 4.78 is 0. The van der Waals surface area contributed by atoms with Crippen molar-refractivity contribution in [3.05, 3.63) is 28.0 Å². The van der Waals surface area contributed by atoms with Crippen LogP contribution in [0.3, 0.4) is 0 Å². The molecule has 0 fully saturated rings. The number of rotatable bonds is 2. The van der Waals surface area contributed by atoms with Crippen LogP contribution in [0.25, 0.3) is 0 Å². The van der Waals surface area contributed by atoms with Gasteiger partial charge in [0.1, 0.15) is 10.3 Å². The van der Waals surface area contributed by atoms with E-state index in [0.717, 1.165) is 0 Å². The third-order valence-electron chi connectivity index (χ3n) is 1.35. The zero-order chi connectivity index (χ0) is 9.84. The maximum atomic E-state index is 10.4. The maximum Gasteiger partial charge on any atom is 0.312 e. The lowest BCUT2D eigenvalue weighted by Gasteiger charge is -2.03. The van der Waals surface area contributed by atoms with Crippen molar-refractivity contribution < 1.29 is 4.79 Å². The van der Waals surface area contributed by atoms with Gasteiger partial charge in [0.2, 0.25) is 0 Å². The summed E-state index contributed by atoms with van der Waals surface area (Å²) in [6.07, 6.45) is 0. The average Bonchev–Trinajstić information content (AvgIpc) is 2.02. The number of halogens is 2. The molecule has 3 N–H and O–H groups in total. The van der Waals surface area contributed by atoms with Crippen molar-refractivity contribution in [1.29, 1.82) is 0 Å². The van der Waals surface area contributed by atoms with Gasteiger partial charge in [0, 0.05) is 12.1 Å². The minimum Gasteiger partial charge on any atom is -0.352 e. The highest BCUT2D eigenvalue weighted by Crippen LogP contribution is 2.15. The summed E-state index contributed by atoms with van der Waals surface area (Å²) in [4.78, 5) is 14.2. The van der Waals surface area contributed by atoms with E-state index in [2.05, 4.69) is 10.3 Å². The molecule has 13 heavy (non-hydrogen) atoms. The van der Waals surface area contributed by atoms with Gasteiger partial charge in [-0.2, -0.15) is 0 Å². The summed E-state index contributed by atoms with van der Waals surface area (Å²) in [7, 11) is 0. The van der Waals surface area contributed by atoms with Crippen molar-refractivity contribution in [1.82, 2.24) is 10.3 Å². The summed E-state index contributed by atoms with van der Waals surface area (Å²) in [5, 5.41) is 2.97. The Morgan fingerprint density at radius 1 is 1.54 bits per heavy atom. The van der Waals surface area contributed by atoms with Gasteiger partial charge in [0.25, 0.3) is 0 Å². The van der Waals surface area contributed by atoms with Crippen LogP contribution in [0, 0.1) is 0 Å². The van der Waals surface area contributed by atoms with Crippen molar-refractivity contribution in [3.63, 3.8) is 0 Å². The standard InChI is InChI=1S/C7H7Cl2N3O/c8-5-2-1-4(6(9)12-5)3-11-7(10)13/h1-2H,3H2,(H3,10,11,13). The van der Waals surface area contributed by atoms with E-state index in [4.69, 9.17) is 28.9 Å². The first-order valence-electron chi connectivity index (χ1n) is 3.44. The van der Waals surface area contributed by atoms with Crippen LogP contribution in [-0.4, -0.2) is 11.0 Å². The predicted molar refractivity (Wildman–Crippen MR) is 50.7 cm³/mol. The first-order valence-corrected chi connectivity index (χ1v) is 4.19. The Labute approximate surface area is 85.0 Å². The predicted octanol–water partition coefficient (Wildman–Crippen LogP) is 1.56. The number of nitrogens with two attached hydrogens (primary N) is 1. The molecule has 6 heteroatoms. The molecule has 0 saturated heterocycles. The summed E-state index contributed by atoms with van der Waals surface area (Å²) in [6, 6.07) is 2.66. The largest absolute Gasteiger partial charge is 0.352 e. The molecule has 2 amide bonds. The van der Waals surface area contributed by atoms with E-state index >= 15 is 0 Å². The van der Waals surface area contributed by atoms with Crippen molar-refractivity contribution in [2.45, 2.75) is 6.54 Å². The van der Waals surface area contributed by atoms with Crippen LogP contribution in [-0.2, 0) is 6.54 Å². The monoisotopic (exact) mass is 219 g/mol. The Balaban J connectivity index is 2.72. The second-order valence-corrected chi connectivity index (χ2v) is 3.05. The highest BCUT2D eigenvalue weighted by molar-refractivity contribution is 6.32. The van der Waals surface area contributed by atoms with Crippen molar-refractivity contribution in [2.24, 2.45) is 5.73 Å². The van der Waals surface area contributed by atoms with Crippen LogP contribution < -0.4 is 11.1 Å². The van der Waals surface area contributed by atoms with Crippen LogP contribution in [0.15, 0.2) is 12.1 Å². The average molecular weight is 220 g/mol. The third-order valence-corrected chi connectivity index (χ3v) is 1.88. The van der Waals surface area contributed by atoms with Gasteiger partial charge in [-0.15, -0.1) is 0 Å². The molecule has 70 valence electrons. The number of urea groups is 1. The smallest absolute Gasteiger partial charge is 0.312 e. The van der Waals surface area contributed by atoms with Gasteiger partial charge in [-0.3, -0.25) is 0 Å². The molecule has 1 aromatic heterocycles. The van der Waals surface area contributed by atoms with Gasteiger partial charge in [0.05, 0.1) is 0 Å². The number of carbonyl (C=O) groups excluding carboxylic acids is 1. The number of amides is 2. The second-order valence-electron chi connectivity index (χ2n) is 2.30. The molecule has 0 aliphatic carbocycles. The number of hydrogen-bond donors (Lipinski definition) is 2. The number of pyridine rings is 1. The minimum absolute atomic E-state index is 0.248. The number of nitrogens with zero attached hydrogens (tertiary/aromatic N) is 1. The van der Waals surface area contributed by atoms with Crippen LogP contribution in [0.2, 0.25) is 10.3 Å². The Kier molecular flexibility index (Phi) is 3.33. The molecule has 1 rings (SSSR count). The first kappa shape index (κ1) is 10.1. The Hall–Kier alpha value is -1.00. The van der Waals surface area contributed by atoms with E-state index in [0.29, 0.717) is 10.7 Å². The first-order chi connectivity index (χ1) is 6.09. The summed E-state index contributed by atoms with van der Waals surface area (Å²) in [6.45, 7) is 0.248. The molecule has 4 nitrogen and oxygen atoms in total. The van der Waals surface area contributed by atoms with E-state index < -0.39 is 6.03 Å². The van der Waals surface area contributed by atoms with Crippen LogP contribution in [0.4, 0.5) is 4.79 Å². The molecule has 1 aromatic rings. The summed E-state index contributed by atoms with van der Waals surface area (Å²) in [5.41, 5.74) is 5.55. The Morgan fingerprint density at radius 2 is 2.23 bits per heavy atom. The molecule has 0 saturated carbocycles. The van der Waals surface area contributed by atoms with Crippen molar-refractivity contribution >= 4 is 29.2 Å². The topological polar surface area (TPSA) is 68.0 Å². The van der Waals surface area contributed by atoms with Gasteiger partial charge >= 0.3 is 6.03 Å². The second kappa shape index (κ2) is 4.30. The molecule has 0 aliphatic heterocycles. The van der Waals surface area contributed by atoms with Gasteiger partial charge in [-0.1, -0.05) is 29.3 Å². The van der Waals surface area contributed by atoms with Crippen molar-refractivity contribution in [3.8, 4) is 0 Å². The van der Waals surface area contributed by atoms with E-state index in [1.807, 2.05) is 0 Å². The Bertz CT molecular complexity index is 330. The molecule has 0 aliphatic rings. The SMILES string of the molecule is NC(=O)NCc1ccc(Cl)nc1Cl. The molecule has 0 aromatic carbocycles. The number of aromatic nitrogens is 1. The molecule has 1 heterocycles. The fourth-order valence-corrected chi connectivity index (χ4v) is 1.17. The normalized spacial score (nSPS) is 9.69. The summed E-state index contributed by atoms with van der Waals surface area (Å²) in [5.74, 6) is 0. The van der Waals surface area contributed by atoms with E-state index in [-0.39, 0.29) is 11.7 Å². The van der Waals surface area contributed by atoms with Gasteiger partial charge in [-0.05, 0) is 6.07 Å². The quantitative estimate of drug-likeness (QED) is 0.742. The lowest BCUT2D eigenvalue weighted by molar-refractivity contribution is 0.248. The van der Waals surface area contributed by atoms with E-state index in [9.17, 15) is 4.79 Å². The molecule has 0 unspecified atom stereocenters. The molecule has 0 spiro atoms. The molecule has 0 radical (unpaired) electrons. The zero-order valence-electron chi connectivity index (χ0n) is 6.55. The third kappa shape index (κ3) is 3.08. The van der Waals surface area contributed by atoms with Crippen LogP contribution in [0.1, 0.15) is 5.56 Å². The zero-order valence-corrected chi connectivity index (χ0v) is 8.06. The van der Waals surface area contributed by atoms with Gasteiger partial charge in [-0.25, -0.2) is 9.78 Å². The lowest BCUT2D eigenvalue weighted by atomic mass is 10.3. The maximum absolute atomic E-state index is 10.4. The fraction of sp³-hybridized carbons (Fsp3) is 0.143. The minimum atomic E-state index is -0.606. The summed E-state index contributed by atoms with van der Waals surface area (Å²) >= 11 is 11.3. The van der Waals surface area contributed by atoms with E-state index in [1.54, 1.807) is 12.1 Å². The highest BCUT2D eigenvalue weighted by atomic mass is 35.5. The number of primary amides is 1. The van der Waals surface area contributed by atoms with E-state index in [1.165, 1.54) is 0 Å². The Morgan fingerprint density at radius 3 is 2.77 bits per heavy atom. The number of hydrogen-bond acceptors (Lipinski definition) is 2. The van der Waals surface area contributed by atoms with Gasteiger partial charge < -0.3 is 11.1 Å². The highest BCUT2D eigenvalue weighted by Gasteiger charge is 2.02. The van der Waals surface area contributed by atoms with Gasteiger partial charge in [0.15, 0.2) is 0 Å². The lowest BCUT2D eigenvalue weighted by Crippen LogP contribution is -2.28. The molecular formula is C7H7Cl2N3O. The fourth-order valence-electron chi connectivity index (χ4n) is 0.755. The van der Waals surface area contributed by atoms with Crippen LogP contribution in [0.5, 0.6) is 0 Å². The van der Waals surface area contributed by atoms with Crippen LogP contribution >= 0.6 is 23.2 Å². The number of nitrogens with one attached hydrogen (secondary N) is 1. The number of carbonyl (C=O) groups is 1. The molecule has 0 atom stereocenters. The molecular weight excluding hydrogens is 213 g/mol. The molecule has 0 bridgehead atoms.